The second-order valence-corrected chi connectivity index (χ2v) is 6.75. The summed E-state index contributed by atoms with van der Waals surface area (Å²) in [4.78, 5) is 17.2. The summed E-state index contributed by atoms with van der Waals surface area (Å²) in [5.74, 6) is 0.144. The molecular formula is C21H23N3O. The molecule has 0 unspecified atom stereocenters. The number of piperazine rings is 1. The number of hydrogen-bond donors (Lipinski definition) is 0. The number of nitrogens with zero attached hydrogens (tertiary/aromatic N) is 3. The third-order valence-electron chi connectivity index (χ3n) is 5.04. The topological polar surface area (TPSA) is 28.5 Å². The van der Waals surface area contributed by atoms with Gasteiger partial charge in [0.15, 0.2) is 0 Å². The lowest BCUT2D eigenvalue weighted by Gasteiger charge is -2.34. The number of benzene rings is 2. The SMILES string of the molecule is Cn1ccc2cc(C(=O)N3CCN(Cc4ccccc4)CC3)ccc21. The first-order valence-electron chi connectivity index (χ1n) is 8.81. The lowest BCUT2D eigenvalue weighted by Crippen LogP contribution is -2.48. The molecule has 4 nitrogen and oxygen atoms in total. The van der Waals surface area contributed by atoms with Crippen LogP contribution in [0.4, 0.5) is 0 Å². The highest BCUT2D eigenvalue weighted by molar-refractivity contribution is 5.98. The number of carbonyl (C=O) groups excluding carboxylic acids is 1. The van der Waals surface area contributed by atoms with Crippen molar-refractivity contribution < 1.29 is 4.79 Å². The highest BCUT2D eigenvalue weighted by Crippen LogP contribution is 2.18. The Bertz CT molecular complexity index is 877. The van der Waals surface area contributed by atoms with Gasteiger partial charge in [0.2, 0.25) is 0 Å². The van der Waals surface area contributed by atoms with Gasteiger partial charge in [-0.25, -0.2) is 0 Å². The maximum Gasteiger partial charge on any atom is 0.253 e. The summed E-state index contributed by atoms with van der Waals surface area (Å²) in [6, 6.07) is 18.6. The number of carbonyl (C=O) groups is 1. The molecule has 25 heavy (non-hydrogen) atoms. The Morgan fingerprint density at radius 2 is 1.72 bits per heavy atom. The summed E-state index contributed by atoms with van der Waals surface area (Å²) in [5, 5.41) is 1.12. The van der Waals surface area contributed by atoms with E-state index in [2.05, 4.69) is 39.8 Å². The van der Waals surface area contributed by atoms with Crippen molar-refractivity contribution in [3.05, 3.63) is 71.9 Å². The maximum absolute atomic E-state index is 12.8. The van der Waals surface area contributed by atoms with Gasteiger partial charge in [-0.05, 0) is 29.8 Å². The molecule has 0 aliphatic carbocycles. The molecule has 128 valence electrons. The van der Waals surface area contributed by atoms with E-state index in [4.69, 9.17) is 0 Å². The van der Waals surface area contributed by atoms with Gasteiger partial charge in [0.1, 0.15) is 0 Å². The number of hydrogen-bond acceptors (Lipinski definition) is 2. The van der Waals surface area contributed by atoms with Gasteiger partial charge in [-0.15, -0.1) is 0 Å². The van der Waals surface area contributed by atoms with E-state index in [0.717, 1.165) is 49.2 Å². The summed E-state index contributed by atoms with van der Waals surface area (Å²) in [7, 11) is 2.02. The van der Waals surface area contributed by atoms with Crippen LogP contribution < -0.4 is 0 Å². The van der Waals surface area contributed by atoms with Crippen LogP contribution in [0.25, 0.3) is 10.9 Å². The fourth-order valence-electron chi connectivity index (χ4n) is 3.55. The van der Waals surface area contributed by atoms with Crippen LogP contribution in [0.15, 0.2) is 60.8 Å². The lowest BCUT2D eigenvalue weighted by molar-refractivity contribution is 0.0628. The van der Waals surface area contributed by atoms with E-state index in [-0.39, 0.29) is 5.91 Å². The van der Waals surface area contributed by atoms with Crippen LogP contribution in [0, 0.1) is 0 Å². The summed E-state index contributed by atoms with van der Waals surface area (Å²) >= 11 is 0. The average Bonchev–Trinajstić information content (AvgIpc) is 3.03. The number of fused-ring (bicyclic) bond motifs is 1. The van der Waals surface area contributed by atoms with Gasteiger partial charge in [-0.3, -0.25) is 9.69 Å². The minimum Gasteiger partial charge on any atom is -0.351 e. The largest absolute Gasteiger partial charge is 0.351 e. The van der Waals surface area contributed by atoms with Gasteiger partial charge in [0.25, 0.3) is 5.91 Å². The molecule has 3 aromatic rings. The molecule has 0 bridgehead atoms. The van der Waals surface area contributed by atoms with Crippen molar-refractivity contribution in [3.8, 4) is 0 Å². The number of amides is 1. The lowest BCUT2D eigenvalue weighted by atomic mass is 10.1. The third-order valence-corrected chi connectivity index (χ3v) is 5.04. The zero-order valence-corrected chi connectivity index (χ0v) is 14.6. The van der Waals surface area contributed by atoms with E-state index in [0.29, 0.717) is 0 Å². The van der Waals surface area contributed by atoms with Gasteiger partial charge in [-0.2, -0.15) is 0 Å². The molecule has 0 N–H and O–H groups in total. The van der Waals surface area contributed by atoms with Crippen molar-refractivity contribution in [2.45, 2.75) is 6.54 Å². The molecule has 0 spiro atoms. The molecule has 0 atom stereocenters. The molecule has 2 heterocycles. The quantitative estimate of drug-likeness (QED) is 0.737. The second kappa shape index (κ2) is 6.73. The van der Waals surface area contributed by atoms with Gasteiger partial charge in [0.05, 0.1) is 0 Å². The minimum atomic E-state index is 0.144. The molecule has 1 fully saturated rings. The molecule has 0 radical (unpaired) electrons. The zero-order chi connectivity index (χ0) is 17.2. The molecule has 4 rings (SSSR count). The smallest absolute Gasteiger partial charge is 0.253 e. The standard InChI is InChI=1S/C21H23N3O/c1-22-10-9-18-15-19(7-8-20(18)22)21(25)24-13-11-23(12-14-24)16-17-5-3-2-4-6-17/h2-10,15H,11-14,16H2,1H3. The first kappa shape index (κ1) is 15.9. The van der Waals surface area contributed by atoms with Crippen LogP contribution in [0.1, 0.15) is 15.9 Å². The maximum atomic E-state index is 12.8. The summed E-state index contributed by atoms with van der Waals surface area (Å²) < 4.78 is 2.08. The number of rotatable bonds is 3. The monoisotopic (exact) mass is 333 g/mol. The van der Waals surface area contributed by atoms with Crippen LogP contribution >= 0.6 is 0 Å². The van der Waals surface area contributed by atoms with Crippen LogP contribution in [0.5, 0.6) is 0 Å². The molecule has 1 aliphatic heterocycles. The normalized spacial score (nSPS) is 15.6. The van der Waals surface area contributed by atoms with Crippen molar-refractivity contribution in [3.63, 3.8) is 0 Å². The highest BCUT2D eigenvalue weighted by Gasteiger charge is 2.22. The molecule has 1 saturated heterocycles. The Balaban J connectivity index is 1.40. The minimum absolute atomic E-state index is 0.144. The molecule has 4 heteroatoms. The fraction of sp³-hybridized carbons (Fsp3) is 0.286. The zero-order valence-electron chi connectivity index (χ0n) is 14.6. The van der Waals surface area contributed by atoms with Crippen LogP contribution in [-0.4, -0.2) is 46.5 Å². The molecule has 2 aromatic carbocycles. The Kier molecular flexibility index (Phi) is 4.28. The van der Waals surface area contributed by atoms with Crippen molar-refractivity contribution >= 4 is 16.8 Å². The predicted octanol–water partition coefficient (Wildman–Crippen LogP) is 3.14. The van der Waals surface area contributed by atoms with Crippen molar-refractivity contribution in [1.82, 2.24) is 14.4 Å². The van der Waals surface area contributed by atoms with Crippen molar-refractivity contribution in [2.75, 3.05) is 26.2 Å². The highest BCUT2D eigenvalue weighted by atomic mass is 16.2. The van der Waals surface area contributed by atoms with Gasteiger partial charge < -0.3 is 9.47 Å². The molecular weight excluding hydrogens is 310 g/mol. The molecule has 1 aromatic heterocycles. The average molecular weight is 333 g/mol. The Labute approximate surface area is 148 Å². The van der Waals surface area contributed by atoms with E-state index < -0.39 is 0 Å². The second-order valence-electron chi connectivity index (χ2n) is 6.75. The van der Waals surface area contributed by atoms with Crippen LogP contribution in [0.2, 0.25) is 0 Å². The molecule has 1 aliphatic rings. The Morgan fingerprint density at radius 3 is 2.48 bits per heavy atom. The first-order valence-corrected chi connectivity index (χ1v) is 8.81. The Morgan fingerprint density at radius 1 is 0.960 bits per heavy atom. The van der Waals surface area contributed by atoms with Gasteiger partial charge in [0, 0.05) is 62.4 Å². The van der Waals surface area contributed by atoms with E-state index in [9.17, 15) is 4.79 Å². The van der Waals surface area contributed by atoms with E-state index >= 15 is 0 Å². The van der Waals surface area contributed by atoms with Gasteiger partial charge in [-0.1, -0.05) is 30.3 Å². The Hall–Kier alpha value is -2.59. The van der Waals surface area contributed by atoms with Crippen LogP contribution in [0.3, 0.4) is 0 Å². The van der Waals surface area contributed by atoms with Crippen molar-refractivity contribution in [2.24, 2.45) is 7.05 Å². The van der Waals surface area contributed by atoms with Gasteiger partial charge >= 0.3 is 0 Å². The first-order chi connectivity index (χ1) is 12.2. The van der Waals surface area contributed by atoms with E-state index in [1.807, 2.05) is 42.4 Å². The van der Waals surface area contributed by atoms with Crippen molar-refractivity contribution in [1.29, 1.82) is 0 Å². The number of aryl methyl sites for hydroxylation is 1. The summed E-state index contributed by atoms with van der Waals surface area (Å²) in [6.45, 7) is 4.39. The molecule has 0 saturated carbocycles. The summed E-state index contributed by atoms with van der Waals surface area (Å²) in [5.41, 5.74) is 3.27. The van der Waals surface area contributed by atoms with E-state index in [1.165, 1.54) is 5.56 Å². The van der Waals surface area contributed by atoms with E-state index in [1.54, 1.807) is 0 Å². The third kappa shape index (κ3) is 3.30. The predicted molar refractivity (Wildman–Crippen MR) is 101 cm³/mol. The fourth-order valence-corrected chi connectivity index (χ4v) is 3.55. The summed E-state index contributed by atoms with van der Waals surface area (Å²) in [6.07, 6.45) is 2.03. The van der Waals surface area contributed by atoms with Crippen LogP contribution in [-0.2, 0) is 13.6 Å². The molecule has 1 amide bonds. The number of aromatic nitrogens is 1.